The molecular formula is C17H15F3N6. The average molecular weight is 360 g/mol. The topological polar surface area (TPSA) is 90.3 Å². The van der Waals surface area contributed by atoms with Crippen molar-refractivity contribution < 1.29 is 13.2 Å². The highest BCUT2D eigenvalue weighted by Crippen LogP contribution is 2.34. The highest BCUT2D eigenvalue weighted by Gasteiger charge is 2.31. The van der Waals surface area contributed by atoms with Crippen LogP contribution in [0, 0.1) is 11.3 Å². The van der Waals surface area contributed by atoms with Crippen molar-refractivity contribution >= 4 is 17.0 Å². The SMILES string of the molecule is CC[C@@H](C)Nc1ncc(C#N)c(-c2c[nH]c3ncc(C(F)(F)F)cc23)n1. The summed E-state index contributed by atoms with van der Waals surface area (Å²) in [7, 11) is 0. The Morgan fingerprint density at radius 1 is 1.31 bits per heavy atom. The van der Waals surface area contributed by atoms with Crippen LogP contribution >= 0.6 is 0 Å². The number of fused-ring (bicyclic) bond motifs is 1. The van der Waals surface area contributed by atoms with Gasteiger partial charge in [0.15, 0.2) is 0 Å². The maximum Gasteiger partial charge on any atom is 0.417 e. The first-order chi connectivity index (χ1) is 12.3. The minimum atomic E-state index is -4.51. The monoisotopic (exact) mass is 360 g/mol. The molecule has 0 saturated carbocycles. The highest BCUT2D eigenvalue weighted by atomic mass is 19.4. The summed E-state index contributed by atoms with van der Waals surface area (Å²) in [6.45, 7) is 3.94. The number of nitrogens with one attached hydrogen (secondary N) is 2. The molecule has 0 aromatic carbocycles. The lowest BCUT2D eigenvalue weighted by Crippen LogP contribution is -2.16. The number of nitrogens with zero attached hydrogens (tertiary/aromatic N) is 4. The molecule has 134 valence electrons. The van der Waals surface area contributed by atoms with Gasteiger partial charge < -0.3 is 10.3 Å². The van der Waals surface area contributed by atoms with Crippen molar-refractivity contribution in [1.82, 2.24) is 19.9 Å². The second-order valence-electron chi connectivity index (χ2n) is 5.84. The van der Waals surface area contributed by atoms with Gasteiger partial charge in [-0.15, -0.1) is 0 Å². The number of pyridine rings is 1. The van der Waals surface area contributed by atoms with Crippen molar-refractivity contribution in [2.24, 2.45) is 0 Å². The second kappa shape index (κ2) is 6.63. The van der Waals surface area contributed by atoms with E-state index in [1.165, 1.54) is 12.4 Å². The molecule has 0 spiro atoms. The van der Waals surface area contributed by atoms with Crippen molar-refractivity contribution in [2.45, 2.75) is 32.5 Å². The Hall–Kier alpha value is -3.15. The fourth-order valence-corrected chi connectivity index (χ4v) is 2.42. The number of anilines is 1. The van der Waals surface area contributed by atoms with Gasteiger partial charge in [0, 0.05) is 29.4 Å². The lowest BCUT2D eigenvalue weighted by Gasteiger charge is -2.12. The van der Waals surface area contributed by atoms with Crippen molar-refractivity contribution in [2.75, 3.05) is 5.32 Å². The standard InChI is InChI=1S/C17H15F3N6/c1-3-9(2)25-16-24-6-10(5-21)14(26-16)13-8-23-15-12(13)4-11(7-22-15)17(18,19)20/h4,6-9H,3H2,1-2H3,(H,22,23)(H,24,25,26)/t9-/m1/s1. The van der Waals surface area contributed by atoms with Gasteiger partial charge in [-0.25, -0.2) is 15.0 Å². The van der Waals surface area contributed by atoms with Crippen LogP contribution in [0.3, 0.4) is 0 Å². The molecule has 0 aliphatic rings. The van der Waals surface area contributed by atoms with E-state index in [2.05, 4.69) is 25.3 Å². The van der Waals surface area contributed by atoms with Crippen LogP contribution in [0.15, 0.2) is 24.7 Å². The number of nitriles is 1. The third kappa shape index (κ3) is 3.31. The van der Waals surface area contributed by atoms with E-state index in [9.17, 15) is 18.4 Å². The fraction of sp³-hybridized carbons (Fsp3) is 0.294. The predicted octanol–water partition coefficient (Wildman–Crippen LogP) is 4.12. The summed E-state index contributed by atoms with van der Waals surface area (Å²) in [6, 6.07) is 3.09. The van der Waals surface area contributed by atoms with Crippen LogP contribution in [0.1, 0.15) is 31.4 Å². The Morgan fingerprint density at radius 3 is 2.73 bits per heavy atom. The van der Waals surface area contributed by atoms with Gasteiger partial charge in [-0.05, 0) is 19.4 Å². The van der Waals surface area contributed by atoms with Crippen molar-refractivity contribution in [3.63, 3.8) is 0 Å². The minimum absolute atomic E-state index is 0.109. The first-order valence-corrected chi connectivity index (χ1v) is 7.91. The Morgan fingerprint density at radius 2 is 2.08 bits per heavy atom. The molecule has 1 atom stereocenters. The number of aromatic amines is 1. The predicted molar refractivity (Wildman–Crippen MR) is 90.2 cm³/mol. The number of rotatable bonds is 4. The first-order valence-electron chi connectivity index (χ1n) is 7.91. The second-order valence-corrected chi connectivity index (χ2v) is 5.84. The highest BCUT2D eigenvalue weighted by molar-refractivity contribution is 5.94. The molecule has 0 radical (unpaired) electrons. The van der Waals surface area contributed by atoms with Gasteiger partial charge in [0.1, 0.15) is 11.7 Å². The van der Waals surface area contributed by atoms with E-state index in [0.717, 1.165) is 18.7 Å². The Kier molecular flexibility index (Phi) is 4.50. The molecule has 0 saturated heterocycles. The first kappa shape index (κ1) is 17.7. The van der Waals surface area contributed by atoms with Crippen molar-refractivity contribution in [3.05, 3.63) is 35.8 Å². The molecule has 26 heavy (non-hydrogen) atoms. The molecule has 0 fully saturated rings. The molecule has 3 rings (SSSR count). The lowest BCUT2D eigenvalue weighted by atomic mass is 10.1. The normalized spacial score (nSPS) is 12.8. The zero-order valence-corrected chi connectivity index (χ0v) is 14.0. The number of alkyl halides is 3. The molecule has 0 aliphatic carbocycles. The molecule has 0 amide bonds. The largest absolute Gasteiger partial charge is 0.417 e. The van der Waals surface area contributed by atoms with Crippen LogP contribution in [0.5, 0.6) is 0 Å². The summed E-state index contributed by atoms with van der Waals surface area (Å²) < 4.78 is 39.0. The molecule has 0 aliphatic heterocycles. The molecule has 3 aromatic rings. The number of hydrogen-bond donors (Lipinski definition) is 2. The lowest BCUT2D eigenvalue weighted by molar-refractivity contribution is -0.137. The van der Waals surface area contributed by atoms with Crippen LogP contribution in [-0.4, -0.2) is 26.0 Å². The molecule has 0 bridgehead atoms. The van der Waals surface area contributed by atoms with Crippen LogP contribution in [0.2, 0.25) is 0 Å². The molecule has 3 heterocycles. The van der Waals surface area contributed by atoms with E-state index in [0.29, 0.717) is 11.5 Å². The average Bonchev–Trinajstić information content (AvgIpc) is 3.03. The molecular weight excluding hydrogens is 345 g/mol. The smallest absolute Gasteiger partial charge is 0.352 e. The summed E-state index contributed by atoms with van der Waals surface area (Å²) in [4.78, 5) is 15.1. The Bertz CT molecular complexity index is 986. The number of halogens is 3. The van der Waals surface area contributed by atoms with Crippen LogP contribution in [0.25, 0.3) is 22.3 Å². The number of hydrogen-bond acceptors (Lipinski definition) is 5. The van der Waals surface area contributed by atoms with Gasteiger partial charge >= 0.3 is 6.18 Å². The number of H-pyrrole nitrogens is 1. The Balaban J connectivity index is 2.16. The van der Waals surface area contributed by atoms with Gasteiger partial charge in [-0.1, -0.05) is 6.92 Å². The van der Waals surface area contributed by atoms with E-state index < -0.39 is 11.7 Å². The van der Waals surface area contributed by atoms with Gasteiger partial charge in [0.25, 0.3) is 0 Å². The maximum absolute atomic E-state index is 13.0. The van der Waals surface area contributed by atoms with Crippen molar-refractivity contribution in [3.8, 4) is 17.3 Å². The third-order valence-corrected chi connectivity index (χ3v) is 4.01. The maximum atomic E-state index is 13.0. The third-order valence-electron chi connectivity index (χ3n) is 4.01. The van der Waals surface area contributed by atoms with Gasteiger partial charge in [0.2, 0.25) is 5.95 Å². The molecule has 6 nitrogen and oxygen atoms in total. The van der Waals surface area contributed by atoms with E-state index in [1.807, 2.05) is 19.9 Å². The van der Waals surface area contributed by atoms with E-state index in [4.69, 9.17) is 0 Å². The molecule has 2 N–H and O–H groups in total. The van der Waals surface area contributed by atoms with Crippen LogP contribution < -0.4 is 5.32 Å². The molecule has 0 unspecified atom stereocenters. The van der Waals surface area contributed by atoms with E-state index >= 15 is 0 Å². The Labute approximate surface area is 147 Å². The van der Waals surface area contributed by atoms with Gasteiger partial charge in [-0.3, -0.25) is 0 Å². The van der Waals surface area contributed by atoms with E-state index in [1.54, 1.807) is 0 Å². The van der Waals surface area contributed by atoms with Crippen molar-refractivity contribution in [1.29, 1.82) is 5.26 Å². The summed E-state index contributed by atoms with van der Waals surface area (Å²) in [5.41, 5.74) is 0.201. The minimum Gasteiger partial charge on any atom is -0.352 e. The quantitative estimate of drug-likeness (QED) is 0.730. The molecule has 3 aromatic heterocycles. The summed E-state index contributed by atoms with van der Waals surface area (Å²) in [5.74, 6) is 0.308. The summed E-state index contributed by atoms with van der Waals surface area (Å²) >= 11 is 0. The zero-order valence-electron chi connectivity index (χ0n) is 14.0. The van der Waals surface area contributed by atoms with Gasteiger partial charge in [0.05, 0.1) is 23.0 Å². The summed E-state index contributed by atoms with van der Waals surface area (Å²) in [6.07, 6.45) is -0.0575. The van der Waals surface area contributed by atoms with Crippen LogP contribution in [0.4, 0.5) is 19.1 Å². The number of aromatic nitrogens is 4. The fourth-order valence-electron chi connectivity index (χ4n) is 2.42. The molecule has 9 heteroatoms. The van der Waals surface area contributed by atoms with Crippen LogP contribution in [-0.2, 0) is 6.18 Å². The van der Waals surface area contributed by atoms with Gasteiger partial charge in [-0.2, -0.15) is 18.4 Å². The zero-order chi connectivity index (χ0) is 18.9. The summed E-state index contributed by atoms with van der Waals surface area (Å²) in [5, 5.41) is 12.7. The van der Waals surface area contributed by atoms with E-state index in [-0.39, 0.29) is 28.3 Å².